The van der Waals surface area contributed by atoms with E-state index in [-0.39, 0.29) is 5.82 Å². The molecular formula is C13H16FNO3. The smallest absolute Gasteiger partial charge is 0.318 e. The molecule has 1 amide bonds. The summed E-state index contributed by atoms with van der Waals surface area (Å²) in [5, 5.41) is 2.57. The van der Waals surface area contributed by atoms with Gasteiger partial charge in [0.15, 0.2) is 0 Å². The zero-order valence-corrected chi connectivity index (χ0v) is 10.6. The quantitative estimate of drug-likeness (QED) is 0.661. The largest absolute Gasteiger partial charge is 0.468 e. The van der Waals surface area contributed by atoms with Crippen molar-refractivity contribution in [2.45, 2.75) is 20.3 Å². The second-order valence-electron chi connectivity index (χ2n) is 3.94. The van der Waals surface area contributed by atoms with Gasteiger partial charge in [-0.05, 0) is 37.1 Å². The minimum atomic E-state index is -0.847. The first-order chi connectivity index (χ1) is 8.49. The number of carbonyl (C=O) groups is 2. The van der Waals surface area contributed by atoms with Crippen molar-refractivity contribution >= 4 is 17.6 Å². The Hall–Kier alpha value is -1.91. The number of esters is 1. The molecule has 1 aromatic carbocycles. The van der Waals surface area contributed by atoms with Gasteiger partial charge in [-0.2, -0.15) is 0 Å². The first-order valence-electron chi connectivity index (χ1n) is 5.64. The molecule has 0 aromatic heterocycles. The van der Waals surface area contributed by atoms with E-state index in [1.54, 1.807) is 13.8 Å². The number of hydrogen-bond donors (Lipinski definition) is 1. The summed E-state index contributed by atoms with van der Waals surface area (Å²) in [7, 11) is 1.24. The van der Waals surface area contributed by atoms with E-state index < -0.39 is 17.8 Å². The van der Waals surface area contributed by atoms with Gasteiger partial charge in [0.1, 0.15) is 11.7 Å². The van der Waals surface area contributed by atoms with Crippen LogP contribution in [0.25, 0.3) is 0 Å². The third-order valence-corrected chi connectivity index (χ3v) is 2.64. The Kier molecular flexibility index (Phi) is 4.83. The van der Waals surface area contributed by atoms with Gasteiger partial charge in [0, 0.05) is 5.69 Å². The molecule has 18 heavy (non-hydrogen) atoms. The van der Waals surface area contributed by atoms with Gasteiger partial charge in [-0.15, -0.1) is 0 Å². The van der Waals surface area contributed by atoms with Crippen LogP contribution in [-0.2, 0) is 14.3 Å². The van der Waals surface area contributed by atoms with Crippen LogP contribution in [0, 0.1) is 18.7 Å². The molecule has 1 aromatic rings. The van der Waals surface area contributed by atoms with Crippen LogP contribution >= 0.6 is 0 Å². The fourth-order valence-corrected chi connectivity index (χ4v) is 1.55. The van der Waals surface area contributed by atoms with Crippen molar-refractivity contribution in [3.8, 4) is 0 Å². The average molecular weight is 253 g/mol. The summed E-state index contributed by atoms with van der Waals surface area (Å²) in [5.74, 6) is -2.21. The number of aryl methyl sites for hydroxylation is 1. The van der Waals surface area contributed by atoms with Crippen LogP contribution < -0.4 is 5.32 Å². The molecule has 0 aliphatic heterocycles. The van der Waals surface area contributed by atoms with Gasteiger partial charge in [0.25, 0.3) is 0 Å². The number of amides is 1. The molecule has 1 N–H and O–H groups in total. The summed E-state index contributed by atoms with van der Waals surface area (Å²) in [6.45, 7) is 3.32. The number of methoxy groups -OCH3 is 1. The summed E-state index contributed by atoms with van der Waals surface area (Å²) in [6, 6.07) is 4.23. The van der Waals surface area contributed by atoms with Crippen LogP contribution in [0.2, 0.25) is 0 Å². The molecule has 0 radical (unpaired) electrons. The summed E-state index contributed by atoms with van der Waals surface area (Å²) in [4.78, 5) is 23.2. The number of nitrogens with one attached hydrogen (secondary N) is 1. The van der Waals surface area contributed by atoms with E-state index in [0.29, 0.717) is 17.7 Å². The van der Waals surface area contributed by atoms with Gasteiger partial charge in [-0.1, -0.05) is 6.92 Å². The number of hydrogen-bond acceptors (Lipinski definition) is 3. The van der Waals surface area contributed by atoms with Gasteiger partial charge < -0.3 is 10.1 Å². The summed E-state index contributed by atoms with van der Waals surface area (Å²) >= 11 is 0. The third kappa shape index (κ3) is 3.29. The number of carbonyl (C=O) groups excluding carboxylic acids is 2. The second-order valence-corrected chi connectivity index (χ2v) is 3.94. The predicted octanol–water partition coefficient (Wildman–Crippen LogP) is 2.27. The lowest BCUT2D eigenvalue weighted by atomic mass is 10.1. The standard InChI is InChI=1S/C13H16FNO3/c1-4-10(13(17)18-3)12(16)15-9-5-6-11(14)8(2)7-9/h5-7,10H,4H2,1-3H3,(H,15,16). The van der Waals surface area contributed by atoms with Gasteiger partial charge >= 0.3 is 5.97 Å². The monoisotopic (exact) mass is 253 g/mol. The van der Waals surface area contributed by atoms with Crippen molar-refractivity contribution in [3.63, 3.8) is 0 Å². The van der Waals surface area contributed by atoms with Crippen LogP contribution in [0.1, 0.15) is 18.9 Å². The maximum atomic E-state index is 13.1. The molecule has 0 heterocycles. The zero-order chi connectivity index (χ0) is 13.7. The molecule has 1 atom stereocenters. The van der Waals surface area contributed by atoms with Crippen LogP contribution in [0.5, 0.6) is 0 Å². The fourth-order valence-electron chi connectivity index (χ4n) is 1.55. The molecule has 0 aliphatic carbocycles. The van der Waals surface area contributed by atoms with Crippen molar-refractivity contribution in [1.29, 1.82) is 0 Å². The number of ether oxygens (including phenoxy) is 1. The Bertz CT molecular complexity index is 460. The highest BCUT2D eigenvalue weighted by molar-refractivity contribution is 6.04. The van der Waals surface area contributed by atoms with E-state index in [1.165, 1.54) is 25.3 Å². The number of halogens is 1. The molecular weight excluding hydrogens is 237 g/mol. The lowest BCUT2D eigenvalue weighted by Gasteiger charge is -2.13. The van der Waals surface area contributed by atoms with Crippen molar-refractivity contribution in [1.82, 2.24) is 0 Å². The molecule has 0 fully saturated rings. The third-order valence-electron chi connectivity index (χ3n) is 2.64. The highest BCUT2D eigenvalue weighted by Gasteiger charge is 2.25. The van der Waals surface area contributed by atoms with E-state index >= 15 is 0 Å². The molecule has 1 unspecified atom stereocenters. The van der Waals surface area contributed by atoms with Crippen molar-refractivity contribution < 1.29 is 18.7 Å². The SMILES string of the molecule is CCC(C(=O)Nc1ccc(F)c(C)c1)C(=O)OC. The van der Waals surface area contributed by atoms with Gasteiger partial charge in [0.05, 0.1) is 7.11 Å². The van der Waals surface area contributed by atoms with Crippen molar-refractivity contribution in [2.24, 2.45) is 5.92 Å². The molecule has 0 bridgehead atoms. The Morgan fingerprint density at radius 3 is 2.61 bits per heavy atom. The van der Waals surface area contributed by atoms with Crippen LogP contribution in [0.4, 0.5) is 10.1 Å². The van der Waals surface area contributed by atoms with Crippen LogP contribution in [0.15, 0.2) is 18.2 Å². The van der Waals surface area contributed by atoms with Gasteiger partial charge in [0.2, 0.25) is 5.91 Å². The van der Waals surface area contributed by atoms with Crippen LogP contribution in [0.3, 0.4) is 0 Å². The number of anilines is 1. The Labute approximate surface area is 105 Å². The Balaban J connectivity index is 2.79. The first-order valence-corrected chi connectivity index (χ1v) is 5.64. The summed E-state index contributed by atoms with van der Waals surface area (Å²) in [6.07, 6.45) is 0.346. The molecule has 0 spiro atoms. The number of rotatable bonds is 4. The Morgan fingerprint density at radius 2 is 2.11 bits per heavy atom. The number of benzene rings is 1. The predicted molar refractivity (Wildman–Crippen MR) is 65.6 cm³/mol. The lowest BCUT2D eigenvalue weighted by Crippen LogP contribution is -2.30. The zero-order valence-electron chi connectivity index (χ0n) is 10.6. The highest BCUT2D eigenvalue weighted by atomic mass is 19.1. The minimum absolute atomic E-state index is 0.340. The van der Waals surface area contributed by atoms with E-state index in [9.17, 15) is 14.0 Å². The first kappa shape index (κ1) is 14.2. The second kappa shape index (κ2) is 6.14. The van der Waals surface area contributed by atoms with Crippen LogP contribution in [-0.4, -0.2) is 19.0 Å². The van der Waals surface area contributed by atoms with Gasteiger partial charge in [-0.3, -0.25) is 9.59 Å². The minimum Gasteiger partial charge on any atom is -0.468 e. The maximum absolute atomic E-state index is 13.1. The fraction of sp³-hybridized carbons (Fsp3) is 0.385. The Morgan fingerprint density at radius 1 is 1.44 bits per heavy atom. The van der Waals surface area contributed by atoms with E-state index in [2.05, 4.69) is 10.1 Å². The molecule has 1 rings (SSSR count). The molecule has 0 aliphatic rings. The van der Waals surface area contributed by atoms with E-state index in [0.717, 1.165) is 0 Å². The van der Waals surface area contributed by atoms with E-state index in [1.807, 2.05) is 0 Å². The van der Waals surface area contributed by atoms with Crippen molar-refractivity contribution in [2.75, 3.05) is 12.4 Å². The summed E-state index contributed by atoms with van der Waals surface area (Å²) < 4.78 is 17.6. The topological polar surface area (TPSA) is 55.4 Å². The molecule has 5 heteroatoms. The highest BCUT2D eigenvalue weighted by Crippen LogP contribution is 2.15. The normalized spacial score (nSPS) is 11.8. The summed E-state index contributed by atoms with van der Waals surface area (Å²) in [5.41, 5.74) is 0.889. The lowest BCUT2D eigenvalue weighted by molar-refractivity contribution is -0.148. The average Bonchev–Trinajstić information content (AvgIpc) is 2.34. The van der Waals surface area contributed by atoms with Crippen molar-refractivity contribution in [3.05, 3.63) is 29.6 Å². The molecule has 4 nitrogen and oxygen atoms in total. The maximum Gasteiger partial charge on any atom is 0.318 e. The molecule has 0 saturated heterocycles. The van der Waals surface area contributed by atoms with Gasteiger partial charge in [-0.25, -0.2) is 4.39 Å². The molecule has 98 valence electrons. The molecule has 0 saturated carbocycles. The van der Waals surface area contributed by atoms with E-state index in [4.69, 9.17) is 0 Å².